The van der Waals surface area contributed by atoms with Gasteiger partial charge in [-0.2, -0.15) is 0 Å². The van der Waals surface area contributed by atoms with Crippen LogP contribution in [0.4, 0.5) is 5.69 Å². The van der Waals surface area contributed by atoms with E-state index >= 15 is 0 Å². The Hall–Kier alpha value is -0.740. The standard InChI is InChI=1S/C8H11BrN2O/c1-12-7-3-6(9)2-5(4-10)8(7)11/h2-3H,4,10-11H2,1H3. The fourth-order valence-corrected chi connectivity index (χ4v) is 1.47. The van der Waals surface area contributed by atoms with Crippen LogP contribution in [0.2, 0.25) is 0 Å². The highest BCUT2D eigenvalue weighted by Crippen LogP contribution is 2.29. The van der Waals surface area contributed by atoms with E-state index in [0.717, 1.165) is 10.0 Å². The minimum Gasteiger partial charge on any atom is -0.495 e. The molecular formula is C8H11BrN2O. The molecule has 0 aliphatic heterocycles. The van der Waals surface area contributed by atoms with E-state index in [9.17, 15) is 0 Å². The summed E-state index contributed by atoms with van der Waals surface area (Å²) in [6.07, 6.45) is 0. The van der Waals surface area contributed by atoms with Crippen LogP contribution in [-0.4, -0.2) is 7.11 Å². The van der Waals surface area contributed by atoms with E-state index in [1.807, 2.05) is 12.1 Å². The first kappa shape index (κ1) is 9.35. The minimum atomic E-state index is 0.418. The third-order valence-electron chi connectivity index (χ3n) is 1.63. The second-order valence-corrected chi connectivity index (χ2v) is 3.30. The zero-order valence-corrected chi connectivity index (χ0v) is 8.39. The maximum atomic E-state index is 5.75. The lowest BCUT2D eigenvalue weighted by atomic mass is 10.1. The monoisotopic (exact) mass is 230 g/mol. The van der Waals surface area contributed by atoms with E-state index in [0.29, 0.717) is 18.0 Å². The third-order valence-corrected chi connectivity index (χ3v) is 2.09. The van der Waals surface area contributed by atoms with Crippen LogP contribution >= 0.6 is 15.9 Å². The van der Waals surface area contributed by atoms with Crippen LogP contribution < -0.4 is 16.2 Å². The zero-order valence-electron chi connectivity index (χ0n) is 6.80. The number of anilines is 1. The van der Waals surface area contributed by atoms with Gasteiger partial charge in [0.2, 0.25) is 0 Å². The number of benzene rings is 1. The Labute approximate surface area is 79.8 Å². The zero-order chi connectivity index (χ0) is 9.14. The lowest BCUT2D eigenvalue weighted by Gasteiger charge is -2.09. The van der Waals surface area contributed by atoms with Crippen molar-refractivity contribution in [2.75, 3.05) is 12.8 Å². The van der Waals surface area contributed by atoms with Crippen molar-refractivity contribution in [3.63, 3.8) is 0 Å². The molecule has 0 spiro atoms. The molecular weight excluding hydrogens is 220 g/mol. The fraction of sp³-hybridized carbons (Fsp3) is 0.250. The predicted octanol–water partition coefficient (Wildman–Crippen LogP) is 1.50. The largest absolute Gasteiger partial charge is 0.495 e. The molecule has 0 bridgehead atoms. The summed E-state index contributed by atoms with van der Waals surface area (Å²) in [6, 6.07) is 3.70. The van der Waals surface area contributed by atoms with E-state index < -0.39 is 0 Å². The van der Waals surface area contributed by atoms with Gasteiger partial charge < -0.3 is 16.2 Å². The van der Waals surface area contributed by atoms with Crippen molar-refractivity contribution in [3.8, 4) is 5.75 Å². The van der Waals surface area contributed by atoms with Gasteiger partial charge in [-0.15, -0.1) is 0 Å². The lowest BCUT2D eigenvalue weighted by molar-refractivity contribution is 0.416. The smallest absolute Gasteiger partial charge is 0.143 e. The second-order valence-electron chi connectivity index (χ2n) is 2.38. The molecule has 0 aliphatic carbocycles. The molecule has 66 valence electrons. The normalized spacial score (nSPS) is 9.92. The van der Waals surface area contributed by atoms with Gasteiger partial charge in [0, 0.05) is 11.0 Å². The summed E-state index contributed by atoms with van der Waals surface area (Å²) in [5, 5.41) is 0. The van der Waals surface area contributed by atoms with Crippen molar-refractivity contribution in [1.29, 1.82) is 0 Å². The van der Waals surface area contributed by atoms with Gasteiger partial charge in [0.05, 0.1) is 12.8 Å². The SMILES string of the molecule is COc1cc(Br)cc(CN)c1N. The number of methoxy groups -OCH3 is 1. The van der Waals surface area contributed by atoms with Gasteiger partial charge in [-0.3, -0.25) is 0 Å². The van der Waals surface area contributed by atoms with Crippen LogP contribution in [0.1, 0.15) is 5.56 Å². The molecule has 1 aromatic rings. The highest BCUT2D eigenvalue weighted by molar-refractivity contribution is 9.10. The third kappa shape index (κ3) is 1.70. The van der Waals surface area contributed by atoms with Crippen molar-refractivity contribution < 1.29 is 4.74 Å². The van der Waals surface area contributed by atoms with Gasteiger partial charge in [0.15, 0.2) is 0 Å². The minimum absolute atomic E-state index is 0.418. The van der Waals surface area contributed by atoms with Gasteiger partial charge in [-0.25, -0.2) is 0 Å². The molecule has 1 aromatic carbocycles. The molecule has 0 saturated carbocycles. The van der Waals surface area contributed by atoms with Crippen molar-refractivity contribution in [1.82, 2.24) is 0 Å². The van der Waals surface area contributed by atoms with E-state index in [1.54, 1.807) is 7.11 Å². The maximum Gasteiger partial charge on any atom is 0.143 e. The molecule has 12 heavy (non-hydrogen) atoms. The topological polar surface area (TPSA) is 61.3 Å². The Kier molecular flexibility index (Phi) is 2.94. The molecule has 0 radical (unpaired) electrons. The average Bonchev–Trinajstić information content (AvgIpc) is 2.08. The number of ether oxygens (including phenoxy) is 1. The molecule has 0 aromatic heterocycles. The molecule has 0 heterocycles. The Morgan fingerprint density at radius 1 is 1.50 bits per heavy atom. The lowest BCUT2D eigenvalue weighted by Crippen LogP contribution is -2.03. The summed E-state index contributed by atoms with van der Waals surface area (Å²) < 4.78 is 5.98. The first-order valence-electron chi connectivity index (χ1n) is 3.51. The fourth-order valence-electron chi connectivity index (χ4n) is 0.985. The summed E-state index contributed by atoms with van der Waals surface area (Å²) in [7, 11) is 1.58. The summed E-state index contributed by atoms with van der Waals surface area (Å²) in [6.45, 7) is 0.418. The van der Waals surface area contributed by atoms with Gasteiger partial charge >= 0.3 is 0 Å². The van der Waals surface area contributed by atoms with E-state index in [2.05, 4.69) is 15.9 Å². The van der Waals surface area contributed by atoms with E-state index in [-0.39, 0.29) is 0 Å². The number of nitrogens with two attached hydrogens (primary N) is 2. The average molecular weight is 231 g/mol. The highest BCUT2D eigenvalue weighted by atomic mass is 79.9. The first-order valence-corrected chi connectivity index (χ1v) is 4.30. The Balaban J connectivity index is 3.22. The highest BCUT2D eigenvalue weighted by Gasteiger charge is 2.05. The van der Waals surface area contributed by atoms with Crippen LogP contribution in [0.25, 0.3) is 0 Å². The van der Waals surface area contributed by atoms with E-state index in [4.69, 9.17) is 16.2 Å². The number of nitrogen functional groups attached to an aromatic ring is 1. The number of hydrogen-bond donors (Lipinski definition) is 2. The summed E-state index contributed by atoms with van der Waals surface area (Å²) in [4.78, 5) is 0. The first-order chi connectivity index (χ1) is 5.69. The summed E-state index contributed by atoms with van der Waals surface area (Å²) >= 11 is 3.34. The molecule has 1 rings (SSSR count). The van der Waals surface area contributed by atoms with Crippen LogP contribution in [0.15, 0.2) is 16.6 Å². The van der Waals surface area contributed by atoms with Crippen molar-refractivity contribution in [2.24, 2.45) is 5.73 Å². The molecule has 3 nitrogen and oxygen atoms in total. The van der Waals surface area contributed by atoms with Crippen LogP contribution in [0.5, 0.6) is 5.75 Å². The summed E-state index contributed by atoms with van der Waals surface area (Å²) in [5.41, 5.74) is 12.7. The number of rotatable bonds is 2. The summed E-state index contributed by atoms with van der Waals surface area (Å²) in [5.74, 6) is 0.657. The number of hydrogen-bond acceptors (Lipinski definition) is 3. The molecule has 0 fully saturated rings. The maximum absolute atomic E-state index is 5.75. The van der Waals surface area contributed by atoms with Gasteiger partial charge in [-0.1, -0.05) is 15.9 Å². The Morgan fingerprint density at radius 2 is 2.17 bits per heavy atom. The molecule has 0 saturated heterocycles. The van der Waals surface area contributed by atoms with Gasteiger partial charge in [0.1, 0.15) is 5.75 Å². The molecule has 4 N–H and O–H groups in total. The number of halogens is 1. The van der Waals surface area contributed by atoms with E-state index in [1.165, 1.54) is 0 Å². The second kappa shape index (κ2) is 3.78. The van der Waals surface area contributed by atoms with Crippen LogP contribution in [0, 0.1) is 0 Å². The van der Waals surface area contributed by atoms with Crippen LogP contribution in [0.3, 0.4) is 0 Å². The van der Waals surface area contributed by atoms with Gasteiger partial charge in [-0.05, 0) is 17.7 Å². The molecule has 4 heteroatoms. The predicted molar refractivity (Wildman–Crippen MR) is 53.0 cm³/mol. The van der Waals surface area contributed by atoms with Crippen molar-refractivity contribution in [3.05, 3.63) is 22.2 Å². The molecule has 0 amide bonds. The molecule has 0 atom stereocenters. The Bertz CT molecular complexity index is 263. The Morgan fingerprint density at radius 3 is 2.67 bits per heavy atom. The van der Waals surface area contributed by atoms with Crippen molar-refractivity contribution in [2.45, 2.75) is 6.54 Å². The molecule has 0 unspecified atom stereocenters. The molecule has 0 aliphatic rings. The van der Waals surface area contributed by atoms with Crippen LogP contribution in [-0.2, 0) is 6.54 Å². The van der Waals surface area contributed by atoms with Crippen molar-refractivity contribution >= 4 is 21.6 Å². The quantitative estimate of drug-likeness (QED) is 0.758. The van der Waals surface area contributed by atoms with Gasteiger partial charge in [0.25, 0.3) is 0 Å².